The summed E-state index contributed by atoms with van der Waals surface area (Å²) < 4.78 is 28.1. The van der Waals surface area contributed by atoms with Gasteiger partial charge in [0.2, 0.25) is 5.91 Å². The van der Waals surface area contributed by atoms with Gasteiger partial charge in [0.15, 0.2) is 0 Å². The molecule has 3 aromatic rings. The molecule has 5 rings (SSSR count). The van der Waals surface area contributed by atoms with Gasteiger partial charge in [0.1, 0.15) is 11.4 Å². The molecule has 0 bridgehead atoms. The summed E-state index contributed by atoms with van der Waals surface area (Å²) in [5.41, 5.74) is 1.06. The Kier molecular flexibility index (Phi) is 6.46. The van der Waals surface area contributed by atoms with Crippen molar-refractivity contribution < 1.29 is 18.4 Å². The molecule has 2 aromatic heterocycles. The summed E-state index contributed by atoms with van der Waals surface area (Å²) in [5.74, 6) is -3.62. The van der Waals surface area contributed by atoms with Gasteiger partial charge in [0, 0.05) is 49.9 Å². The van der Waals surface area contributed by atoms with E-state index in [4.69, 9.17) is 11.6 Å². The first-order valence-electron chi connectivity index (χ1n) is 11.6. The van der Waals surface area contributed by atoms with Crippen LogP contribution in [0.15, 0.2) is 35.4 Å². The zero-order chi connectivity index (χ0) is 25.6. The smallest absolute Gasteiger partial charge is 0.267 e. The zero-order valence-electron chi connectivity index (χ0n) is 19.5. The summed E-state index contributed by atoms with van der Waals surface area (Å²) in [6, 6.07) is 7.59. The third-order valence-corrected chi connectivity index (χ3v) is 8.10. The Morgan fingerprint density at radius 3 is 2.56 bits per heavy atom. The van der Waals surface area contributed by atoms with Gasteiger partial charge in [0.25, 0.3) is 17.4 Å². The largest absolute Gasteiger partial charge is 0.368 e. The Balaban J connectivity index is 1.32. The van der Waals surface area contributed by atoms with Crippen LogP contribution in [0.4, 0.5) is 14.5 Å². The van der Waals surface area contributed by atoms with Crippen molar-refractivity contribution in [3.8, 4) is 0 Å². The van der Waals surface area contributed by atoms with Crippen LogP contribution in [0.2, 0.25) is 5.02 Å². The highest BCUT2D eigenvalue weighted by molar-refractivity contribution is 7.20. The molecule has 0 aliphatic carbocycles. The normalized spacial score (nSPS) is 17.7. The number of nitrogens with zero attached hydrogens (tertiary/aromatic N) is 5. The first-order chi connectivity index (χ1) is 17.1. The van der Waals surface area contributed by atoms with Crippen molar-refractivity contribution in [1.29, 1.82) is 0 Å². The number of aryl methyl sites for hydroxylation is 1. The minimum atomic E-state index is -2.90. The molecule has 12 heteroatoms. The van der Waals surface area contributed by atoms with Crippen molar-refractivity contribution in [2.75, 3.05) is 44.2 Å². The Morgan fingerprint density at radius 1 is 1.14 bits per heavy atom. The van der Waals surface area contributed by atoms with Crippen molar-refractivity contribution in [2.45, 2.75) is 25.8 Å². The maximum Gasteiger partial charge on any atom is 0.267 e. The van der Waals surface area contributed by atoms with E-state index < -0.39 is 23.9 Å². The number of aromatic nitrogens is 2. The van der Waals surface area contributed by atoms with E-state index in [1.165, 1.54) is 6.33 Å². The number of likely N-dealkylation sites (tertiary alicyclic amines) is 1. The summed E-state index contributed by atoms with van der Waals surface area (Å²) >= 11 is 7.25. The lowest BCUT2D eigenvalue weighted by Gasteiger charge is -2.36. The number of piperazine rings is 1. The highest BCUT2D eigenvalue weighted by atomic mass is 35.5. The van der Waals surface area contributed by atoms with E-state index in [0.717, 1.165) is 26.5 Å². The summed E-state index contributed by atoms with van der Waals surface area (Å²) in [4.78, 5) is 49.1. The maximum atomic E-state index is 13.5. The van der Waals surface area contributed by atoms with Crippen LogP contribution >= 0.6 is 22.9 Å². The third-order valence-electron chi connectivity index (χ3n) is 6.68. The SMILES string of the molecule is Cc1c(C(=O)N2CCN(c3cccc(Cl)c3)CC2)sc2ncn(CC(=O)N3CCC(F)(F)C3)c(=O)c12. The van der Waals surface area contributed by atoms with Crippen molar-refractivity contribution in [3.63, 3.8) is 0 Å². The number of carbonyl (C=O) groups excluding carboxylic acids is 2. The van der Waals surface area contributed by atoms with Crippen LogP contribution in [-0.4, -0.2) is 76.4 Å². The predicted molar refractivity (Wildman–Crippen MR) is 134 cm³/mol. The fraction of sp³-hybridized carbons (Fsp3) is 0.417. The summed E-state index contributed by atoms with van der Waals surface area (Å²) in [6.07, 6.45) is 0.859. The first-order valence-corrected chi connectivity index (χ1v) is 12.8. The van der Waals surface area contributed by atoms with Crippen LogP contribution in [-0.2, 0) is 11.3 Å². The summed E-state index contributed by atoms with van der Waals surface area (Å²) in [7, 11) is 0. The molecule has 8 nitrogen and oxygen atoms in total. The number of fused-ring (bicyclic) bond motifs is 1. The van der Waals surface area contributed by atoms with E-state index in [9.17, 15) is 23.2 Å². The fourth-order valence-electron chi connectivity index (χ4n) is 4.65. The molecule has 2 aliphatic rings. The molecule has 2 fully saturated rings. The molecular weight excluding hydrogens is 512 g/mol. The van der Waals surface area contributed by atoms with E-state index in [0.29, 0.717) is 46.5 Å². The van der Waals surface area contributed by atoms with Crippen LogP contribution in [0.1, 0.15) is 21.7 Å². The van der Waals surface area contributed by atoms with Crippen LogP contribution in [0.3, 0.4) is 0 Å². The monoisotopic (exact) mass is 535 g/mol. The summed E-state index contributed by atoms with van der Waals surface area (Å²) in [5, 5.41) is 0.938. The molecule has 0 saturated carbocycles. The minimum absolute atomic E-state index is 0.0447. The molecule has 0 N–H and O–H groups in total. The molecule has 2 amide bonds. The van der Waals surface area contributed by atoms with Crippen LogP contribution < -0.4 is 10.5 Å². The van der Waals surface area contributed by atoms with Gasteiger partial charge in [-0.1, -0.05) is 17.7 Å². The Hall–Kier alpha value is -3.05. The number of anilines is 1. The van der Waals surface area contributed by atoms with Gasteiger partial charge in [-0.3, -0.25) is 19.0 Å². The second-order valence-electron chi connectivity index (χ2n) is 9.09. The Labute approximate surface area is 214 Å². The van der Waals surface area contributed by atoms with Gasteiger partial charge in [-0.15, -0.1) is 11.3 Å². The van der Waals surface area contributed by atoms with Crippen LogP contribution in [0.5, 0.6) is 0 Å². The van der Waals surface area contributed by atoms with Gasteiger partial charge < -0.3 is 14.7 Å². The molecule has 4 heterocycles. The molecule has 36 heavy (non-hydrogen) atoms. The lowest BCUT2D eigenvalue weighted by molar-refractivity contribution is -0.132. The third kappa shape index (κ3) is 4.69. The summed E-state index contributed by atoms with van der Waals surface area (Å²) in [6.45, 7) is 2.98. The second-order valence-corrected chi connectivity index (χ2v) is 10.5. The lowest BCUT2D eigenvalue weighted by Crippen LogP contribution is -2.48. The van der Waals surface area contributed by atoms with E-state index in [1.54, 1.807) is 11.8 Å². The van der Waals surface area contributed by atoms with Gasteiger partial charge in [-0.25, -0.2) is 13.8 Å². The highest BCUT2D eigenvalue weighted by Gasteiger charge is 2.40. The molecule has 190 valence electrons. The fourth-order valence-corrected chi connectivity index (χ4v) is 5.95. The number of carbonyl (C=O) groups is 2. The average Bonchev–Trinajstić information content (AvgIpc) is 3.39. The standard InChI is InChI=1S/C24H24ClF2N5O3S/c1-15-19-21(28-14-32(22(19)34)12-18(33)31-6-5-24(26,27)13-31)36-20(15)23(35)30-9-7-29(8-10-30)17-4-2-3-16(25)11-17/h2-4,11,14H,5-10,12-13H2,1H3. The van der Waals surface area contributed by atoms with Gasteiger partial charge >= 0.3 is 0 Å². The number of alkyl halides is 2. The van der Waals surface area contributed by atoms with Crippen LogP contribution in [0.25, 0.3) is 10.2 Å². The molecule has 2 saturated heterocycles. The predicted octanol–water partition coefficient (Wildman–Crippen LogP) is 3.25. The average molecular weight is 536 g/mol. The van der Waals surface area contributed by atoms with Gasteiger partial charge in [0.05, 0.1) is 23.1 Å². The molecule has 0 unspecified atom stereocenters. The van der Waals surface area contributed by atoms with Gasteiger partial charge in [-0.2, -0.15) is 0 Å². The molecule has 0 atom stereocenters. The van der Waals surface area contributed by atoms with Gasteiger partial charge in [-0.05, 0) is 30.7 Å². The van der Waals surface area contributed by atoms with Crippen molar-refractivity contribution >= 4 is 50.7 Å². The molecular formula is C24H24ClF2N5O3S. The maximum absolute atomic E-state index is 13.5. The van der Waals surface area contributed by atoms with Crippen molar-refractivity contribution in [1.82, 2.24) is 19.4 Å². The first kappa shape index (κ1) is 24.6. The number of amides is 2. The van der Waals surface area contributed by atoms with E-state index >= 15 is 0 Å². The van der Waals surface area contributed by atoms with E-state index in [1.807, 2.05) is 24.3 Å². The van der Waals surface area contributed by atoms with Crippen LogP contribution in [0, 0.1) is 6.92 Å². The van der Waals surface area contributed by atoms with E-state index in [2.05, 4.69) is 9.88 Å². The number of hydrogen-bond acceptors (Lipinski definition) is 6. The Bertz CT molecular complexity index is 1400. The molecule has 0 radical (unpaired) electrons. The minimum Gasteiger partial charge on any atom is -0.368 e. The number of thiophene rings is 1. The number of rotatable bonds is 4. The topological polar surface area (TPSA) is 78.8 Å². The molecule has 0 spiro atoms. The number of benzene rings is 1. The Morgan fingerprint density at radius 2 is 1.89 bits per heavy atom. The second kappa shape index (κ2) is 9.44. The number of halogens is 3. The van der Waals surface area contributed by atoms with E-state index in [-0.39, 0.29) is 30.8 Å². The molecule has 1 aromatic carbocycles. The zero-order valence-corrected chi connectivity index (χ0v) is 21.1. The molecule has 2 aliphatic heterocycles. The lowest BCUT2D eigenvalue weighted by atomic mass is 10.2. The van der Waals surface area contributed by atoms with Crippen molar-refractivity contribution in [2.24, 2.45) is 0 Å². The highest BCUT2D eigenvalue weighted by Crippen LogP contribution is 2.30. The van der Waals surface area contributed by atoms with Crippen molar-refractivity contribution in [3.05, 3.63) is 56.4 Å². The quantitative estimate of drug-likeness (QED) is 0.512. The number of hydrogen-bond donors (Lipinski definition) is 0.